The standard InChI is InChI=1S/C15H19N3O2/c1-3-4-9-18(2)14-8-7-12(11-16-14)17-15(19)13-6-5-10-20-13/h5-8,10-11H,3-4,9H2,1-2H3,(H,17,19). The average molecular weight is 273 g/mol. The first kappa shape index (κ1) is 14.1. The lowest BCUT2D eigenvalue weighted by atomic mass is 10.3. The number of furan rings is 1. The van der Waals surface area contributed by atoms with E-state index in [0.29, 0.717) is 5.69 Å². The zero-order chi connectivity index (χ0) is 14.4. The summed E-state index contributed by atoms with van der Waals surface area (Å²) in [4.78, 5) is 18.2. The van der Waals surface area contributed by atoms with Gasteiger partial charge in [-0.15, -0.1) is 0 Å². The van der Waals surface area contributed by atoms with Gasteiger partial charge in [-0.3, -0.25) is 4.79 Å². The lowest BCUT2D eigenvalue weighted by molar-refractivity contribution is 0.0996. The topological polar surface area (TPSA) is 58.4 Å². The molecule has 0 unspecified atom stereocenters. The predicted octanol–water partition coefficient (Wildman–Crippen LogP) is 3.16. The average Bonchev–Trinajstić information content (AvgIpc) is 3.00. The molecule has 0 aliphatic rings. The molecule has 106 valence electrons. The van der Waals surface area contributed by atoms with Crippen LogP contribution in [-0.2, 0) is 0 Å². The summed E-state index contributed by atoms with van der Waals surface area (Å²) in [5, 5.41) is 2.74. The van der Waals surface area contributed by atoms with Crippen molar-refractivity contribution < 1.29 is 9.21 Å². The van der Waals surface area contributed by atoms with Crippen molar-refractivity contribution in [3.8, 4) is 0 Å². The second-order valence-electron chi connectivity index (χ2n) is 4.61. The van der Waals surface area contributed by atoms with Crippen LogP contribution in [0.15, 0.2) is 41.1 Å². The number of unbranched alkanes of at least 4 members (excludes halogenated alkanes) is 1. The Morgan fingerprint density at radius 2 is 2.25 bits per heavy atom. The molecule has 2 aromatic rings. The van der Waals surface area contributed by atoms with Crippen molar-refractivity contribution in [1.29, 1.82) is 0 Å². The maximum atomic E-state index is 11.8. The molecular formula is C15H19N3O2. The Kier molecular flexibility index (Phi) is 4.76. The van der Waals surface area contributed by atoms with Crippen molar-refractivity contribution in [3.63, 3.8) is 0 Å². The number of rotatable bonds is 6. The second-order valence-corrected chi connectivity index (χ2v) is 4.61. The first-order chi connectivity index (χ1) is 9.70. The number of carbonyl (C=O) groups excluding carboxylic acids is 1. The molecule has 0 atom stereocenters. The summed E-state index contributed by atoms with van der Waals surface area (Å²) >= 11 is 0. The Morgan fingerprint density at radius 1 is 1.40 bits per heavy atom. The third kappa shape index (κ3) is 3.60. The number of aromatic nitrogens is 1. The summed E-state index contributed by atoms with van der Waals surface area (Å²) < 4.78 is 5.03. The molecule has 0 aliphatic heterocycles. The molecule has 0 saturated carbocycles. The molecule has 0 bridgehead atoms. The third-order valence-corrected chi connectivity index (χ3v) is 2.99. The smallest absolute Gasteiger partial charge is 0.291 e. The fraction of sp³-hybridized carbons (Fsp3) is 0.333. The highest BCUT2D eigenvalue weighted by Gasteiger charge is 2.09. The van der Waals surface area contributed by atoms with Crippen LogP contribution in [0.5, 0.6) is 0 Å². The van der Waals surface area contributed by atoms with Gasteiger partial charge in [-0.1, -0.05) is 13.3 Å². The predicted molar refractivity (Wildman–Crippen MR) is 79.1 cm³/mol. The summed E-state index contributed by atoms with van der Waals surface area (Å²) in [5.41, 5.74) is 0.652. The van der Waals surface area contributed by atoms with Gasteiger partial charge in [0, 0.05) is 13.6 Å². The summed E-state index contributed by atoms with van der Waals surface area (Å²) in [6, 6.07) is 7.04. The summed E-state index contributed by atoms with van der Waals surface area (Å²) in [6.45, 7) is 3.14. The third-order valence-electron chi connectivity index (χ3n) is 2.99. The van der Waals surface area contributed by atoms with Crippen LogP contribution in [0.2, 0.25) is 0 Å². The Balaban J connectivity index is 1.96. The molecule has 0 spiro atoms. The number of pyridine rings is 1. The van der Waals surface area contributed by atoms with Crippen LogP contribution in [0.1, 0.15) is 30.3 Å². The van der Waals surface area contributed by atoms with Crippen LogP contribution < -0.4 is 10.2 Å². The Labute approximate surface area is 118 Å². The molecule has 0 aromatic carbocycles. The van der Waals surface area contributed by atoms with E-state index in [0.717, 1.165) is 25.2 Å². The highest BCUT2D eigenvalue weighted by Crippen LogP contribution is 2.14. The molecule has 2 rings (SSSR count). The van der Waals surface area contributed by atoms with Gasteiger partial charge in [-0.25, -0.2) is 4.98 Å². The van der Waals surface area contributed by atoms with E-state index in [2.05, 4.69) is 22.1 Å². The molecule has 2 aromatic heterocycles. The van der Waals surface area contributed by atoms with Crippen LogP contribution in [0, 0.1) is 0 Å². The van der Waals surface area contributed by atoms with Crippen LogP contribution in [-0.4, -0.2) is 24.5 Å². The van der Waals surface area contributed by atoms with Crippen LogP contribution >= 0.6 is 0 Å². The van der Waals surface area contributed by atoms with E-state index in [4.69, 9.17) is 4.42 Å². The molecule has 0 fully saturated rings. The number of anilines is 2. The van der Waals surface area contributed by atoms with E-state index in [1.54, 1.807) is 18.3 Å². The van der Waals surface area contributed by atoms with Crippen molar-refractivity contribution in [2.45, 2.75) is 19.8 Å². The van der Waals surface area contributed by atoms with Crippen molar-refractivity contribution in [2.24, 2.45) is 0 Å². The van der Waals surface area contributed by atoms with Crippen LogP contribution in [0.25, 0.3) is 0 Å². The number of nitrogens with zero attached hydrogens (tertiary/aromatic N) is 2. The minimum atomic E-state index is -0.274. The summed E-state index contributed by atoms with van der Waals surface area (Å²) in [5.74, 6) is 0.910. The first-order valence-corrected chi connectivity index (χ1v) is 6.72. The summed E-state index contributed by atoms with van der Waals surface area (Å²) in [7, 11) is 2.01. The van der Waals surface area contributed by atoms with Gasteiger partial charge < -0.3 is 14.6 Å². The van der Waals surface area contributed by atoms with Gasteiger partial charge in [0.15, 0.2) is 5.76 Å². The van der Waals surface area contributed by atoms with E-state index >= 15 is 0 Å². The van der Waals surface area contributed by atoms with Gasteiger partial charge in [0.25, 0.3) is 5.91 Å². The van der Waals surface area contributed by atoms with Gasteiger partial charge in [0.2, 0.25) is 0 Å². The molecule has 1 N–H and O–H groups in total. The number of amides is 1. The minimum absolute atomic E-state index is 0.274. The maximum absolute atomic E-state index is 11.8. The number of hydrogen-bond acceptors (Lipinski definition) is 4. The molecule has 0 saturated heterocycles. The van der Waals surface area contributed by atoms with E-state index < -0.39 is 0 Å². The largest absolute Gasteiger partial charge is 0.459 e. The fourth-order valence-corrected chi connectivity index (χ4v) is 1.80. The Hall–Kier alpha value is -2.30. The Bertz CT molecular complexity index is 535. The molecular weight excluding hydrogens is 254 g/mol. The van der Waals surface area contributed by atoms with Crippen molar-refractivity contribution in [1.82, 2.24) is 4.98 Å². The van der Waals surface area contributed by atoms with E-state index in [1.165, 1.54) is 6.26 Å². The van der Waals surface area contributed by atoms with Gasteiger partial charge in [-0.2, -0.15) is 0 Å². The molecule has 2 heterocycles. The van der Waals surface area contributed by atoms with Crippen molar-refractivity contribution >= 4 is 17.4 Å². The fourth-order valence-electron chi connectivity index (χ4n) is 1.80. The maximum Gasteiger partial charge on any atom is 0.291 e. The van der Waals surface area contributed by atoms with Crippen molar-refractivity contribution in [3.05, 3.63) is 42.5 Å². The number of hydrogen-bond donors (Lipinski definition) is 1. The monoisotopic (exact) mass is 273 g/mol. The van der Waals surface area contributed by atoms with Gasteiger partial charge in [-0.05, 0) is 30.7 Å². The normalized spacial score (nSPS) is 10.3. The highest BCUT2D eigenvalue weighted by atomic mass is 16.3. The highest BCUT2D eigenvalue weighted by molar-refractivity contribution is 6.02. The van der Waals surface area contributed by atoms with Gasteiger partial charge in [0.1, 0.15) is 5.82 Å². The van der Waals surface area contributed by atoms with Gasteiger partial charge >= 0.3 is 0 Å². The zero-order valence-electron chi connectivity index (χ0n) is 11.8. The van der Waals surface area contributed by atoms with E-state index in [9.17, 15) is 4.79 Å². The summed E-state index contributed by atoms with van der Waals surface area (Å²) in [6.07, 6.45) is 5.41. The number of carbonyl (C=O) groups is 1. The minimum Gasteiger partial charge on any atom is -0.459 e. The lowest BCUT2D eigenvalue weighted by Crippen LogP contribution is -2.19. The SMILES string of the molecule is CCCCN(C)c1ccc(NC(=O)c2ccco2)cn1. The molecule has 1 amide bonds. The molecule has 0 radical (unpaired) electrons. The lowest BCUT2D eigenvalue weighted by Gasteiger charge is -2.17. The molecule has 5 heteroatoms. The molecule has 20 heavy (non-hydrogen) atoms. The quantitative estimate of drug-likeness (QED) is 0.878. The molecule has 0 aliphatic carbocycles. The number of nitrogens with one attached hydrogen (secondary N) is 1. The Morgan fingerprint density at radius 3 is 2.85 bits per heavy atom. The molecule has 5 nitrogen and oxygen atoms in total. The van der Waals surface area contributed by atoms with Crippen LogP contribution in [0.4, 0.5) is 11.5 Å². The van der Waals surface area contributed by atoms with Gasteiger partial charge in [0.05, 0.1) is 18.1 Å². The first-order valence-electron chi connectivity index (χ1n) is 6.72. The van der Waals surface area contributed by atoms with Crippen LogP contribution in [0.3, 0.4) is 0 Å². The van der Waals surface area contributed by atoms with E-state index in [-0.39, 0.29) is 11.7 Å². The van der Waals surface area contributed by atoms with Crippen molar-refractivity contribution in [2.75, 3.05) is 23.8 Å². The zero-order valence-corrected chi connectivity index (χ0v) is 11.8. The second kappa shape index (κ2) is 6.75. The van der Waals surface area contributed by atoms with E-state index in [1.807, 2.05) is 19.2 Å².